The number of nitrogens with zero attached hydrogens (tertiary/aromatic N) is 3. The predicted octanol–water partition coefficient (Wildman–Crippen LogP) is -0.858. The molecule has 5 atom stereocenters. The van der Waals surface area contributed by atoms with Crippen molar-refractivity contribution < 1.29 is 22.4 Å². The maximum absolute atomic E-state index is 13.6. The summed E-state index contributed by atoms with van der Waals surface area (Å²) in [4.78, 5) is 30.3. The SMILES string of the molecule is CN1CC(CN2C(=O)C3CC(S(=O)(=O)NC4(CF)CC4)CCC3N(CC3CCNN3)C2=O)CN1. The zero-order valence-corrected chi connectivity index (χ0v) is 20.4. The van der Waals surface area contributed by atoms with Crippen LogP contribution in [0, 0.1) is 11.8 Å². The maximum Gasteiger partial charge on any atom is 0.327 e. The topological polar surface area (TPSA) is 126 Å². The molecule has 192 valence electrons. The van der Waals surface area contributed by atoms with E-state index in [9.17, 15) is 22.4 Å². The van der Waals surface area contributed by atoms with E-state index in [1.54, 1.807) is 4.90 Å². The highest BCUT2D eigenvalue weighted by Crippen LogP contribution is 2.41. The molecule has 11 nitrogen and oxygen atoms in total. The summed E-state index contributed by atoms with van der Waals surface area (Å²) < 4.78 is 42.1. The van der Waals surface area contributed by atoms with E-state index in [2.05, 4.69) is 21.0 Å². The number of nitrogens with one attached hydrogen (secondary N) is 4. The van der Waals surface area contributed by atoms with Crippen molar-refractivity contribution in [2.45, 2.75) is 61.4 Å². The second kappa shape index (κ2) is 9.25. The van der Waals surface area contributed by atoms with Gasteiger partial charge in [0.15, 0.2) is 0 Å². The van der Waals surface area contributed by atoms with Crippen LogP contribution in [0.1, 0.15) is 38.5 Å². The number of halogens is 1. The van der Waals surface area contributed by atoms with Crippen LogP contribution in [0.2, 0.25) is 0 Å². The lowest BCUT2D eigenvalue weighted by Crippen LogP contribution is -2.66. The van der Waals surface area contributed by atoms with Crippen molar-refractivity contribution in [1.82, 2.24) is 35.8 Å². The van der Waals surface area contributed by atoms with Crippen molar-refractivity contribution in [3.05, 3.63) is 0 Å². The van der Waals surface area contributed by atoms with E-state index in [-0.39, 0.29) is 36.4 Å². The Morgan fingerprint density at radius 3 is 2.59 bits per heavy atom. The molecule has 4 N–H and O–H groups in total. The van der Waals surface area contributed by atoms with Gasteiger partial charge in [-0.15, -0.1) is 0 Å². The molecule has 5 unspecified atom stereocenters. The Labute approximate surface area is 200 Å². The number of imide groups is 1. The van der Waals surface area contributed by atoms with Crippen molar-refractivity contribution in [2.75, 3.05) is 46.4 Å². The van der Waals surface area contributed by atoms with E-state index < -0.39 is 33.4 Å². The third kappa shape index (κ3) is 4.70. The third-order valence-electron chi connectivity index (χ3n) is 8.10. The van der Waals surface area contributed by atoms with E-state index in [4.69, 9.17) is 0 Å². The number of carbonyl (C=O) groups excluding carboxylic acids is 2. The Morgan fingerprint density at radius 1 is 1.18 bits per heavy atom. The number of sulfonamides is 1. The lowest BCUT2D eigenvalue weighted by Gasteiger charge is -2.49. The zero-order chi connectivity index (χ0) is 24.1. The van der Waals surface area contributed by atoms with Crippen molar-refractivity contribution in [1.29, 1.82) is 0 Å². The molecule has 5 rings (SSSR count). The molecule has 34 heavy (non-hydrogen) atoms. The summed E-state index contributed by atoms with van der Waals surface area (Å²) in [5, 5.41) is 1.19. The Bertz CT molecular complexity index is 911. The van der Waals surface area contributed by atoms with Crippen molar-refractivity contribution >= 4 is 22.0 Å². The zero-order valence-electron chi connectivity index (χ0n) is 19.6. The molecule has 3 aliphatic heterocycles. The minimum absolute atomic E-state index is 0.0846. The van der Waals surface area contributed by atoms with Gasteiger partial charge in [0.25, 0.3) is 0 Å². The molecule has 0 aromatic rings. The smallest absolute Gasteiger partial charge is 0.319 e. The standard InChI is InChI=1S/C21H36FN7O4S/c1-27-10-14(9-24-27)11-29-19(30)17-8-16(34(32,33)26-21(13-22)5-6-21)2-3-18(17)28(20(29)31)12-15-4-7-23-25-15/h14-18,23-26H,2-13H2,1H3. The third-order valence-corrected chi connectivity index (χ3v) is 10.1. The number of rotatable bonds is 8. The molecule has 2 aliphatic carbocycles. The van der Waals surface area contributed by atoms with Gasteiger partial charge in [0.05, 0.1) is 16.7 Å². The van der Waals surface area contributed by atoms with E-state index >= 15 is 0 Å². The van der Waals surface area contributed by atoms with Crippen LogP contribution in [-0.4, -0.2) is 104 Å². The molecule has 0 bridgehead atoms. The number of hydrogen-bond donors (Lipinski definition) is 4. The van der Waals surface area contributed by atoms with Crippen LogP contribution >= 0.6 is 0 Å². The molecule has 2 saturated carbocycles. The molecule has 5 aliphatic rings. The number of fused-ring (bicyclic) bond motifs is 1. The highest BCUT2D eigenvalue weighted by atomic mass is 32.2. The lowest BCUT2D eigenvalue weighted by atomic mass is 9.80. The van der Waals surface area contributed by atoms with Gasteiger partial charge in [0.2, 0.25) is 15.9 Å². The average molecular weight is 502 g/mol. The van der Waals surface area contributed by atoms with Gasteiger partial charge in [-0.05, 0) is 38.5 Å². The van der Waals surface area contributed by atoms with Crippen LogP contribution in [0.25, 0.3) is 0 Å². The Hall–Kier alpha value is -1.38. The molecule has 3 amide bonds. The average Bonchev–Trinajstić information content (AvgIpc) is 3.17. The van der Waals surface area contributed by atoms with Crippen LogP contribution in [-0.2, 0) is 14.8 Å². The van der Waals surface area contributed by atoms with Crippen LogP contribution in [0.3, 0.4) is 0 Å². The number of carbonyl (C=O) groups is 2. The Morgan fingerprint density at radius 2 is 1.97 bits per heavy atom. The number of hydrogen-bond acceptors (Lipinski definition) is 8. The quantitative estimate of drug-likeness (QED) is 0.339. The first-order chi connectivity index (χ1) is 16.2. The summed E-state index contributed by atoms with van der Waals surface area (Å²) in [6, 6.07) is -0.504. The molecule has 5 fully saturated rings. The monoisotopic (exact) mass is 501 g/mol. The molecule has 0 radical (unpaired) electrons. The first kappa shape index (κ1) is 24.3. The van der Waals surface area contributed by atoms with Crippen LogP contribution in [0.5, 0.6) is 0 Å². The summed E-state index contributed by atoms with van der Waals surface area (Å²) in [5.41, 5.74) is 8.54. The molecular weight excluding hydrogens is 465 g/mol. The molecule has 3 saturated heterocycles. The van der Waals surface area contributed by atoms with Gasteiger partial charge in [0, 0.05) is 57.8 Å². The van der Waals surface area contributed by atoms with Gasteiger partial charge in [0.1, 0.15) is 6.67 Å². The van der Waals surface area contributed by atoms with Gasteiger partial charge in [-0.3, -0.25) is 26.0 Å². The summed E-state index contributed by atoms with van der Waals surface area (Å²) in [5.74, 6) is -0.730. The summed E-state index contributed by atoms with van der Waals surface area (Å²) in [6.45, 7) is 2.29. The number of hydrazine groups is 2. The second-order valence-electron chi connectivity index (χ2n) is 10.7. The molecule has 0 aromatic heterocycles. The fourth-order valence-electron chi connectivity index (χ4n) is 5.90. The number of alkyl halides is 1. The van der Waals surface area contributed by atoms with Crippen molar-refractivity contribution in [3.63, 3.8) is 0 Å². The van der Waals surface area contributed by atoms with E-state index in [1.807, 2.05) is 12.1 Å². The van der Waals surface area contributed by atoms with E-state index in [0.29, 0.717) is 45.3 Å². The highest BCUT2D eigenvalue weighted by Gasteiger charge is 2.53. The normalized spacial score (nSPS) is 36.2. The predicted molar refractivity (Wildman–Crippen MR) is 122 cm³/mol. The fourth-order valence-corrected chi connectivity index (χ4v) is 7.84. The largest absolute Gasteiger partial charge is 0.327 e. The van der Waals surface area contributed by atoms with Gasteiger partial charge in [-0.2, -0.15) is 0 Å². The highest BCUT2D eigenvalue weighted by molar-refractivity contribution is 7.90. The Balaban J connectivity index is 1.35. The van der Waals surface area contributed by atoms with Crippen LogP contribution in [0.15, 0.2) is 0 Å². The lowest BCUT2D eigenvalue weighted by molar-refractivity contribution is -0.141. The van der Waals surface area contributed by atoms with E-state index in [0.717, 1.165) is 19.5 Å². The van der Waals surface area contributed by atoms with Gasteiger partial charge < -0.3 is 4.90 Å². The Kier molecular flexibility index (Phi) is 6.61. The first-order valence-electron chi connectivity index (χ1n) is 12.3. The van der Waals surface area contributed by atoms with Gasteiger partial charge in [-0.1, -0.05) is 0 Å². The number of amides is 3. The van der Waals surface area contributed by atoms with Gasteiger partial charge in [-0.25, -0.2) is 27.3 Å². The molecular formula is C21H36FN7O4S. The van der Waals surface area contributed by atoms with E-state index in [1.165, 1.54) is 4.90 Å². The molecule has 0 aromatic carbocycles. The minimum atomic E-state index is -3.77. The first-order valence-corrected chi connectivity index (χ1v) is 13.9. The van der Waals surface area contributed by atoms with Gasteiger partial charge >= 0.3 is 6.03 Å². The summed E-state index contributed by atoms with van der Waals surface area (Å²) in [6.07, 6.45) is 2.83. The maximum atomic E-state index is 13.6. The molecule has 13 heteroatoms. The second-order valence-corrected chi connectivity index (χ2v) is 12.7. The summed E-state index contributed by atoms with van der Waals surface area (Å²) in [7, 11) is -1.84. The van der Waals surface area contributed by atoms with Crippen LogP contribution in [0.4, 0.5) is 9.18 Å². The summed E-state index contributed by atoms with van der Waals surface area (Å²) >= 11 is 0. The minimum Gasteiger partial charge on any atom is -0.319 e. The molecule has 3 heterocycles. The molecule has 0 spiro atoms. The van der Waals surface area contributed by atoms with Crippen molar-refractivity contribution in [2.24, 2.45) is 11.8 Å². The fraction of sp³-hybridized carbons (Fsp3) is 0.905. The number of urea groups is 1. The van der Waals surface area contributed by atoms with Crippen LogP contribution < -0.4 is 21.0 Å². The van der Waals surface area contributed by atoms with Crippen molar-refractivity contribution in [3.8, 4) is 0 Å².